The number of fused-ring (bicyclic) bond motifs is 1. The fourth-order valence-electron chi connectivity index (χ4n) is 5.49. The summed E-state index contributed by atoms with van der Waals surface area (Å²) < 4.78 is 0. The quantitative estimate of drug-likeness (QED) is 0.187. The summed E-state index contributed by atoms with van der Waals surface area (Å²) in [5.74, 6) is 0. The number of hydrogen-bond acceptors (Lipinski definition) is 1. The van der Waals surface area contributed by atoms with E-state index in [1.807, 2.05) is 6.92 Å². The molecule has 6 rings (SSSR count). The van der Waals surface area contributed by atoms with Crippen molar-refractivity contribution >= 4 is 28.2 Å². The standard InChI is InChI=1S/C40H33N/c1-3-4-7-19-35-29-39(41(2)36-21-14-20-34(28-36)31-17-10-6-11-18-31)40(38-23-13-12-22-37(35)38)33-26-24-32(25-27-33)30-15-8-5-9-16-30/h3-29H,1-2H3/b4-3-,19-7-. The Balaban J connectivity index is 1.54. The molecule has 0 atom stereocenters. The van der Waals surface area contributed by atoms with Crippen molar-refractivity contribution in [3.8, 4) is 33.4 Å². The van der Waals surface area contributed by atoms with E-state index in [4.69, 9.17) is 0 Å². The number of allylic oxidation sites excluding steroid dienone is 3. The van der Waals surface area contributed by atoms with E-state index >= 15 is 0 Å². The largest absolute Gasteiger partial charge is 0.344 e. The lowest BCUT2D eigenvalue weighted by molar-refractivity contribution is 1.21. The van der Waals surface area contributed by atoms with Gasteiger partial charge in [0, 0.05) is 24.0 Å². The topological polar surface area (TPSA) is 3.24 Å². The Kier molecular flexibility index (Phi) is 7.60. The Hall–Kier alpha value is -5.14. The van der Waals surface area contributed by atoms with Crippen LogP contribution in [-0.2, 0) is 0 Å². The third-order valence-corrected chi connectivity index (χ3v) is 7.62. The van der Waals surface area contributed by atoms with E-state index in [2.05, 4.69) is 176 Å². The number of benzene rings is 6. The van der Waals surface area contributed by atoms with Crippen molar-refractivity contribution in [1.29, 1.82) is 0 Å². The predicted molar refractivity (Wildman–Crippen MR) is 179 cm³/mol. The second-order valence-electron chi connectivity index (χ2n) is 10.2. The van der Waals surface area contributed by atoms with Crippen LogP contribution in [0.5, 0.6) is 0 Å². The summed E-state index contributed by atoms with van der Waals surface area (Å²) in [6.45, 7) is 2.05. The second kappa shape index (κ2) is 11.9. The third-order valence-electron chi connectivity index (χ3n) is 7.62. The van der Waals surface area contributed by atoms with Crippen LogP contribution in [0.25, 0.3) is 50.2 Å². The zero-order chi connectivity index (χ0) is 28.0. The van der Waals surface area contributed by atoms with Crippen LogP contribution in [0.15, 0.2) is 158 Å². The molecule has 0 aliphatic carbocycles. The first kappa shape index (κ1) is 26.1. The Morgan fingerprint density at radius 2 is 1.05 bits per heavy atom. The fraction of sp³-hybridized carbons (Fsp3) is 0.0500. The molecule has 0 saturated heterocycles. The molecule has 0 radical (unpaired) electrons. The molecule has 0 unspecified atom stereocenters. The Morgan fingerprint density at radius 1 is 0.488 bits per heavy atom. The molecule has 1 heteroatoms. The zero-order valence-electron chi connectivity index (χ0n) is 23.5. The van der Waals surface area contributed by atoms with Crippen LogP contribution in [0.2, 0.25) is 0 Å². The maximum absolute atomic E-state index is 2.33. The summed E-state index contributed by atoms with van der Waals surface area (Å²) in [6.07, 6.45) is 8.47. The van der Waals surface area contributed by atoms with Crippen molar-refractivity contribution in [2.75, 3.05) is 11.9 Å². The van der Waals surface area contributed by atoms with E-state index in [1.165, 1.54) is 55.4 Å². The smallest absolute Gasteiger partial charge is 0.0500 e. The van der Waals surface area contributed by atoms with Crippen molar-refractivity contribution in [3.05, 3.63) is 163 Å². The van der Waals surface area contributed by atoms with E-state index < -0.39 is 0 Å². The van der Waals surface area contributed by atoms with E-state index in [9.17, 15) is 0 Å². The zero-order valence-corrected chi connectivity index (χ0v) is 23.5. The molecule has 0 saturated carbocycles. The van der Waals surface area contributed by atoms with Gasteiger partial charge in [0.25, 0.3) is 0 Å². The lowest BCUT2D eigenvalue weighted by Gasteiger charge is -2.26. The lowest BCUT2D eigenvalue weighted by Crippen LogP contribution is -2.11. The van der Waals surface area contributed by atoms with Crippen LogP contribution in [0.4, 0.5) is 11.4 Å². The summed E-state index contributed by atoms with van der Waals surface area (Å²) in [5.41, 5.74) is 10.8. The number of rotatable bonds is 7. The third kappa shape index (κ3) is 5.48. The maximum Gasteiger partial charge on any atom is 0.0500 e. The fourth-order valence-corrected chi connectivity index (χ4v) is 5.49. The van der Waals surface area contributed by atoms with Gasteiger partial charge in [0.2, 0.25) is 0 Å². The van der Waals surface area contributed by atoms with Crippen molar-refractivity contribution in [1.82, 2.24) is 0 Å². The van der Waals surface area contributed by atoms with E-state index in [0.29, 0.717) is 0 Å². The van der Waals surface area contributed by atoms with Gasteiger partial charge in [0.05, 0.1) is 0 Å². The van der Waals surface area contributed by atoms with Crippen LogP contribution < -0.4 is 4.90 Å². The minimum absolute atomic E-state index is 1.15. The number of anilines is 2. The molecule has 0 heterocycles. The van der Waals surface area contributed by atoms with Crippen LogP contribution in [0.1, 0.15) is 12.5 Å². The van der Waals surface area contributed by atoms with Crippen molar-refractivity contribution in [2.45, 2.75) is 6.92 Å². The van der Waals surface area contributed by atoms with Crippen LogP contribution in [0, 0.1) is 0 Å². The minimum atomic E-state index is 1.15. The average Bonchev–Trinajstić information content (AvgIpc) is 3.05. The van der Waals surface area contributed by atoms with Gasteiger partial charge >= 0.3 is 0 Å². The highest BCUT2D eigenvalue weighted by Gasteiger charge is 2.17. The van der Waals surface area contributed by atoms with Crippen LogP contribution >= 0.6 is 0 Å². The molecular formula is C40H33N. The van der Waals surface area contributed by atoms with Gasteiger partial charge in [0.15, 0.2) is 0 Å². The van der Waals surface area contributed by atoms with Crippen LogP contribution in [0.3, 0.4) is 0 Å². The molecular weight excluding hydrogens is 494 g/mol. The van der Waals surface area contributed by atoms with Gasteiger partial charge in [-0.1, -0.05) is 146 Å². The summed E-state index contributed by atoms with van der Waals surface area (Å²) in [4.78, 5) is 2.33. The Bertz CT molecular complexity index is 1830. The van der Waals surface area contributed by atoms with Gasteiger partial charge in [0.1, 0.15) is 0 Å². The molecule has 0 aliphatic heterocycles. The van der Waals surface area contributed by atoms with E-state index in [1.54, 1.807) is 0 Å². The van der Waals surface area contributed by atoms with Gasteiger partial charge in [-0.3, -0.25) is 0 Å². The van der Waals surface area contributed by atoms with Gasteiger partial charge in [-0.25, -0.2) is 0 Å². The Labute approximate surface area is 243 Å². The molecule has 0 spiro atoms. The molecule has 0 N–H and O–H groups in total. The molecule has 1 nitrogen and oxygen atoms in total. The normalized spacial score (nSPS) is 11.5. The lowest BCUT2D eigenvalue weighted by atomic mass is 9.91. The van der Waals surface area contributed by atoms with E-state index in [0.717, 1.165) is 5.69 Å². The summed E-state index contributed by atoms with van der Waals surface area (Å²) in [6, 6.07) is 50.0. The predicted octanol–water partition coefficient (Wildman–Crippen LogP) is 11.2. The molecule has 0 aromatic heterocycles. The summed E-state index contributed by atoms with van der Waals surface area (Å²) in [5, 5.41) is 2.48. The maximum atomic E-state index is 2.33. The number of nitrogens with zero attached hydrogens (tertiary/aromatic N) is 1. The summed E-state index contributed by atoms with van der Waals surface area (Å²) in [7, 11) is 2.18. The molecule has 41 heavy (non-hydrogen) atoms. The van der Waals surface area contributed by atoms with Gasteiger partial charge in [-0.15, -0.1) is 0 Å². The van der Waals surface area contributed by atoms with Crippen LogP contribution in [-0.4, -0.2) is 7.05 Å². The summed E-state index contributed by atoms with van der Waals surface area (Å²) >= 11 is 0. The van der Waals surface area contributed by atoms with Crippen molar-refractivity contribution in [3.63, 3.8) is 0 Å². The minimum Gasteiger partial charge on any atom is -0.344 e. The highest BCUT2D eigenvalue weighted by molar-refractivity contribution is 6.07. The van der Waals surface area contributed by atoms with Gasteiger partial charge in [-0.05, 0) is 69.3 Å². The number of hydrogen-bond donors (Lipinski definition) is 0. The monoisotopic (exact) mass is 527 g/mol. The molecule has 198 valence electrons. The highest BCUT2D eigenvalue weighted by Crippen LogP contribution is 2.43. The molecule has 0 amide bonds. The molecule has 6 aromatic carbocycles. The highest BCUT2D eigenvalue weighted by atomic mass is 15.1. The van der Waals surface area contributed by atoms with Crippen molar-refractivity contribution < 1.29 is 0 Å². The second-order valence-corrected chi connectivity index (χ2v) is 10.2. The first-order valence-corrected chi connectivity index (χ1v) is 14.1. The first-order valence-electron chi connectivity index (χ1n) is 14.1. The van der Waals surface area contributed by atoms with E-state index in [-0.39, 0.29) is 0 Å². The molecule has 6 aromatic rings. The van der Waals surface area contributed by atoms with Gasteiger partial charge < -0.3 is 4.90 Å². The van der Waals surface area contributed by atoms with Crippen molar-refractivity contribution in [2.24, 2.45) is 0 Å². The molecule has 0 bridgehead atoms. The first-order chi connectivity index (χ1) is 20.2. The molecule has 0 aliphatic rings. The average molecular weight is 528 g/mol. The Morgan fingerprint density at radius 3 is 1.73 bits per heavy atom. The SMILES string of the molecule is C/C=C\C=C/c1cc(N(C)c2cccc(-c3ccccc3)c2)c(-c2ccc(-c3ccccc3)cc2)c2ccccc12. The molecule has 0 fully saturated rings. The van der Waals surface area contributed by atoms with Gasteiger partial charge in [-0.2, -0.15) is 0 Å².